The maximum absolute atomic E-state index is 11.4. The molecule has 4 N–H and O–H groups in total. The lowest BCUT2D eigenvalue weighted by Gasteiger charge is -2.13. The average Bonchev–Trinajstić information content (AvgIpc) is 2.35. The Kier molecular flexibility index (Phi) is 3.61. The summed E-state index contributed by atoms with van der Waals surface area (Å²) >= 11 is 0. The summed E-state index contributed by atoms with van der Waals surface area (Å²) in [7, 11) is 1.54. The van der Waals surface area contributed by atoms with Crippen LogP contribution in [0.1, 0.15) is 13.8 Å². The number of allylic oxidation sites excluding steroid dienone is 4. The first-order valence-electron chi connectivity index (χ1n) is 6.15. The van der Waals surface area contributed by atoms with Crippen molar-refractivity contribution in [3.05, 3.63) is 35.4 Å². The number of carbonyl (C=O) groups excluding carboxylic acids is 1. The molecular formula is C15H17N3O2. The van der Waals surface area contributed by atoms with E-state index in [4.69, 9.17) is 16.2 Å². The lowest BCUT2D eigenvalue weighted by atomic mass is 9.97. The molecule has 2 rings (SSSR count). The lowest BCUT2D eigenvalue weighted by molar-refractivity contribution is -0.110. The summed E-state index contributed by atoms with van der Waals surface area (Å²) in [5.74, 6) is 0.496. The third-order valence-corrected chi connectivity index (χ3v) is 3.08. The van der Waals surface area contributed by atoms with E-state index in [2.05, 4.69) is 4.99 Å². The van der Waals surface area contributed by atoms with E-state index in [-0.39, 0.29) is 5.78 Å². The number of hydrogen-bond acceptors (Lipinski definition) is 5. The van der Waals surface area contributed by atoms with Gasteiger partial charge in [-0.15, -0.1) is 0 Å². The van der Waals surface area contributed by atoms with E-state index in [9.17, 15) is 4.79 Å². The number of aliphatic imine (C=N–C) groups is 1. The smallest absolute Gasteiger partial charge is 0.179 e. The molecule has 20 heavy (non-hydrogen) atoms. The summed E-state index contributed by atoms with van der Waals surface area (Å²) in [6.45, 7) is 3.69. The molecule has 0 atom stereocenters. The molecule has 5 nitrogen and oxygen atoms in total. The number of nitrogen functional groups attached to an aromatic ring is 2. The maximum Gasteiger partial charge on any atom is 0.179 e. The molecule has 0 unspecified atom stereocenters. The molecule has 0 fully saturated rings. The Morgan fingerprint density at radius 2 is 1.65 bits per heavy atom. The molecule has 0 aliphatic heterocycles. The fourth-order valence-electron chi connectivity index (χ4n) is 2.09. The highest BCUT2D eigenvalue weighted by atomic mass is 16.5. The zero-order valence-electron chi connectivity index (χ0n) is 11.7. The SMILES string of the molecule is COc1cc(N=C2C(C)=CC(=O)C=C2C)c(N)cc1N. The molecule has 1 aliphatic carbocycles. The summed E-state index contributed by atoms with van der Waals surface area (Å²) in [6, 6.07) is 3.30. The molecule has 0 bridgehead atoms. The van der Waals surface area contributed by atoms with Gasteiger partial charge in [0.05, 0.1) is 29.9 Å². The van der Waals surface area contributed by atoms with Gasteiger partial charge in [-0.05, 0) is 43.2 Å². The van der Waals surface area contributed by atoms with Crippen LogP contribution in [0.25, 0.3) is 0 Å². The van der Waals surface area contributed by atoms with Crippen molar-refractivity contribution in [1.29, 1.82) is 0 Å². The van der Waals surface area contributed by atoms with E-state index in [0.29, 0.717) is 22.8 Å². The summed E-state index contributed by atoms with van der Waals surface area (Å²) in [4.78, 5) is 16.0. The number of methoxy groups -OCH3 is 1. The van der Waals surface area contributed by atoms with Crippen molar-refractivity contribution in [2.75, 3.05) is 18.6 Å². The first-order valence-corrected chi connectivity index (χ1v) is 6.15. The Morgan fingerprint density at radius 1 is 1.05 bits per heavy atom. The van der Waals surface area contributed by atoms with Gasteiger partial charge in [-0.2, -0.15) is 0 Å². The van der Waals surface area contributed by atoms with Crippen LogP contribution in [-0.2, 0) is 4.79 Å². The fourth-order valence-corrected chi connectivity index (χ4v) is 2.09. The minimum Gasteiger partial charge on any atom is -0.495 e. The summed E-state index contributed by atoms with van der Waals surface area (Å²) < 4.78 is 5.17. The summed E-state index contributed by atoms with van der Waals surface area (Å²) in [6.07, 6.45) is 3.10. The second kappa shape index (κ2) is 5.21. The van der Waals surface area contributed by atoms with E-state index in [1.165, 1.54) is 7.11 Å². The van der Waals surface area contributed by atoms with Gasteiger partial charge in [0, 0.05) is 6.07 Å². The van der Waals surface area contributed by atoms with Crippen molar-refractivity contribution in [2.24, 2.45) is 4.99 Å². The van der Waals surface area contributed by atoms with Crippen molar-refractivity contribution in [1.82, 2.24) is 0 Å². The molecule has 1 aliphatic rings. The van der Waals surface area contributed by atoms with Crippen molar-refractivity contribution >= 4 is 28.6 Å². The number of carbonyl (C=O) groups is 1. The summed E-state index contributed by atoms with van der Waals surface area (Å²) in [5, 5.41) is 0. The van der Waals surface area contributed by atoms with E-state index >= 15 is 0 Å². The number of rotatable bonds is 2. The number of nitrogens with zero attached hydrogens (tertiary/aromatic N) is 1. The molecule has 5 heteroatoms. The van der Waals surface area contributed by atoms with Gasteiger partial charge in [0.2, 0.25) is 0 Å². The third kappa shape index (κ3) is 2.56. The van der Waals surface area contributed by atoms with E-state index in [1.54, 1.807) is 24.3 Å². The molecule has 0 aromatic heterocycles. The van der Waals surface area contributed by atoms with Gasteiger partial charge in [-0.25, -0.2) is 4.99 Å². The fraction of sp³-hybridized carbons (Fsp3) is 0.200. The van der Waals surface area contributed by atoms with Crippen LogP contribution < -0.4 is 16.2 Å². The Hall–Kier alpha value is -2.56. The molecule has 0 radical (unpaired) electrons. The van der Waals surface area contributed by atoms with Crippen LogP contribution in [0.2, 0.25) is 0 Å². The topological polar surface area (TPSA) is 90.7 Å². The number of ketones is 1. The molecule has 0 spiro atoms. The molecular weight excluding hydrogens is 254 g/mol. The van der Waals surface area contributed by atoms with Gasteiger partial charge in [0.1, 0.15) is 5.75 Å². The van der Waals surface area contributed by atoms with E-state index in [0.717, 1.165) is 16.9 Å². The number of ether oxygens (including phenoxy) is 1. The van der Waals surface area contributed by atoms with Crippen molar-refractivity contribution < 1.29 is 9.53 Å². The highest BCUT2D eigenvalue weighted by Gasteiger charge is 2.14. The van der Waals surface area contributed by atoms with Crippen molar-refractivity contribution in [3.8, 4) is 5.75 Å². The van der Waals surface area contributed by atoms with E-state index in [1.807, 2.05) is 13.8 Å². The van der Waals surface area contributed by atoms with Crippen LogP contribution >= 0.6 is 0 Å². The Balaban J connectivity index is 2.53. The van der Waals surface area contributed by atoms with Crippen LogP contribution in [0.15, 0.2) is 40.4 Å². The monoisotopic (exact) mass is 271 g/mol. The molecule has 1 aromatic rings. The molecule has 1 aromatic carbocycles. The predicted molar refractivity (Wildman–Crippen MR) is 81.4 cm³/mol. The maximum atomic E-state index is 11.4. The number of anilines is 2. The molecule has 104 valence electrons. The van der Waals surface area contributed by atoms with E-state index < -0.39 is 0 Å². The van der Waals surface area contributed by atoms with Crippen LogP contribution in [0, 0.1) is 0 Å². The minimum absolute atomic E-state index is 0.0261. The molecule has 0 amide bonds. The Labute approximate surface area is 117 Å². The van der Waals surface area contributed by atoms with Crippen LogP contribution in [0.3, 0.4) is 0 Å². The van der Waals surface area contributed by atoms with Crippen LogP contribution in [-0.4, -0.2) is 18.6 Å². The second-order valence-corrected chi connectivity index (χ2v) is 4.67. The second-order valence-electron chi connectivity index (χ2n) is 4.67. The largest absolute Gasteiger partial charge is 0.495 e. The van der Waals surface area contributed by atoms with Gasteiger partial charge in [0.25, 0.3) is 0 Å². The normalized spacial score (nSPS) is 14.8. The quantitative estimate of drug-likeness (QED) is 0.638. The Bertz CT molecular complexity index is 646. The molecule has 0 heterocycles. The average molecular weight is 271 g/mol. The van der Waals surface area contributed by atoms with Crippen molar-refractivity contribution in [3.63, 3.8) is 0 Å². The third-order valence-electron chi connectivity index (χ3n) is 3.08. The van der Waals surface area contributed by atoms with Gasteiger partial charge in [-0.3, -0.25) is 4.79 Å². The van der Waals surface area contributed by atoms with Gasteiger partial charge in [-0.1, -0.05) is 0 Å². The zero-order chi connectivity index (χ0) is 14.9. The highest BCUT2D eigenvalue weighted by molar-refractivity contribution is 6.22. The van der Waals surface area contributed by atoms with Crippen LogP contribution in [0.4, 0.5) is 17.1 Å². The summed E-state index contributed by atoms with van der Waals surface area (Å²) in [5.41, 5.74) is 15.6. The minimum atomic E-state index is -0.0261. The number of benzene rings is 1. The molecule has 0 saturated heterocycles. The number of hydrogen-bond donors (Lipinski definition) is 2. The standard InChI is InChI=1S/C15H17N3O2/c1-8-4-10(19)5-9(2)15(8)18-13-7-14(20-3)12(17)6-11(13)16/h4-7H,16-17H2,1-3H3. The van der Waals surface area contributed by atoms with Gasteiger partial charge < -0.3 is 16.2 Å². The number of nitrogens with two attached hydrogens (primary N) is 2. The first kappa shape index (κ1) is 13.9. The van der Waals surface area contributed by atoms with Gasteiger partial charge in [0.15, 0.2) is 5.78 Å². The molecule has 0 saturated carbocycles. The van der Waals surface area contributed by atoms with Crippen molar-refractivity contribution in [2.45, 2.75) is 13.8 Å². The van der Waals surface area contributed by atoms with Gasteiger partial charge >= 0.3 is 0 Å². The predicted octanol–water partition coefficient (Wildman–Crippen LogP) is 2.41. The first-order chi connectivity index (χ1) is 9.42. The van der Waals surface area contributed by atoms with Crippen LogP contribution in [0.5, 0.6) is 5.75 Å². The highest BCUT2D eigenvalue weighted by Crippen LogP contribution is 2.34. The Morgan fingerprint density at radius 3 is 2.20 bits per heavy atom. The lowest BCUT2D eigenvalue weighted by Crippen LogP contribution is -2.10. The zero-order valence-corrected chi connectivity index (χ0v) is 11.7.